The van der Waals surface area contributed by atoms with Crippen LogP contribution in [-0.4, -0.2) is 37.2 Å². The molecule has 0 saturated heterocycles. The molecule has 0 aliphatic heterocycles. The van der Waals surface area contributed by atoms with E-state index in [1.54, 1.807) is 0 Å². The van der Waals surface area contributed by atoms with Gasteiger partial charge in [0.2, 0.25) is 0 Å². The van der Waals surface area contributed by atoms with Crippen molar-refractivity contribution in [3.63, 3.8) is 0 Å². The van der Waals surface area contributed by atoms with Gasteiger partial charge < -0.3 is 14.2 Å². The lowest BCUT2D eigenvalue weighted by molar-refractivity contribution is -0.167. The molecule has 1 unspecified atom stereocenters. The first kappa shape index (κ1) is 66.9. The van der Waals surface area contributed by atoms with Gasteiger partial charge in [-0.05, 0) is 109 Å². The number of hydrogen-bond acceptors (Lipinski definition) is 6. The third kappa shape index (κ3) is 55.8. The number of esters is 3. The van der Waals surface area contributed by atoms with Crippen molar-refractivity contribution in [2.24, 2.45) is 0 Å². The zero-order chi connectivity index (χ0) is 50.7. The van der Waals surface area contributed by atoms with E-state index in [4.69, 9.17) is 14.2 Å². The number of allylic oxidation sites excluding steroid dienone is 12. The molecule has 1 atom stereocenters. The highest BCUT2D eigenvalue weighted by Crippen LogP contribution is 2.16. The molecule has 0 amide bonds. The average molecular weight is 978 g/mol. The van der Waals surface area contributed by atoms with Crippen molar-refractivity contribution < 1.29 is 28.6 Å². The molecule has 404 valence electrons. The largest absolute Gasteiger partial charge is 0.462 e. The summed E-state index contributed by atoms with van der Waals surface area (Å²) >= 11 is 0. The zero-order valence-corrected chi connectivity index (χ0v) is 46.3. The summed E-state index contributed by atoms with van der Waals surface area (Å²) in [4.78, 5) is 38.1. The molecule has 0 aromatic rings. The van der Waals surface area contributed by atoms with Crippen LogP contribution in [0, 0.1) is 0 Å². The van der Waals surface area contributed by atoms with Gasteiger partial charge in [-0.2, -0.15) is 0 Å². The standard InChI is InChI=1S/C64H112O6/c1-4-7-10-13-16-19-22-25-26-27-28-29-30-31-32-33-34-35-36-37-38-40-42-45-48-51-54-57-63(66)69-60-61(59-68-62(65)56-53-50-47-44-41-24-21-18-15-12-9-6-3)70-64(67)58-55-52-49-46-43-39-23-20-17-14-11-8-5-2/h7,10,16,18-21,23,25-26,28-29,61H,4-6,8-9,11-15,17,22,24,27,30-60H2,1-3H3/b10-7-,19-16-,21-18-,23-20-,26-25-,29-28-. The van der Waals surface area contributed by atoms with Crippen molar-refractivity contribution in [3.05, 3.63) is 72.9 Å². The van der Waals surface area contributed by atoms with Crippen molar-refractivity contribution in [1.82, 2.24) is 0 Å². The van der Waals surface area contributed by atoms with E-state index in [1.165, 1.54) is 154 Å². The van der Waals surface area contributed by atoms with Crippen molar-refractivity contribution in [1.29, 1.82) is 0 Å². The minimum absolute atomic E-state index is 0.0797. The van der Waals surface area contributed by atoms with Crippen LogP contribution in [0.3, 0.4) is 0 Å². The molecule has 6 nitrogen and oxygen atoms in total. The molecule has 0 aliphatic carbocycles. The Balaban J connectivity index is 4.21. The first-order chi connectivity index (χ1) is 34.5. The van der Waals surface area contributed by atoms with Gasteiger partial charge in [-0.1, -0.05) is 241 Å². The Labute approximate surface area is 433 Å². The number of carbonyl (C=O) groups is 3. The molecule has 0 fully saturated rings. The molecule has 0 aliphatic rings. The number of ether oxygens (including phenoxy) is 3. The average Bonchev–Trinajstić information content (AvgIpc) is 3.36. The molecule has 0 aromatic heterocycles. The van der Waals surface area contributed by atoms with E-state index in [9.17, 15) is 14.4 Å². The summed E-state index contributed by atoms with van der Waals surface area (Å²) in [5, 5.41) is 0. The van der Waals surface area contributed by atoms with Crippen molar-refractivity contribution in [2.45, 2.75) is 303 Å². The van der Waals surface area contributed by atoms with E-state index in [0.29, 0.717) is 19.3 Å². The van der Waals surface area contributed by atoms with Crippen LogP contribution in [-0.2, 0) is 28.6 Å². The Morgan fingerprint density at radius 2 is 0.557 bits per heavy atom. The Hall–Kier alpha value is -3.15. The lowest BCUT2D eigenvalue weighted by Crippen LogP contribution is -2.30. The van der Waals surface area contributed by atoms with Crippen LogP contribution in [0.2, 0.25) is 0 Å². The van der Waals surface area contributed by atoms with Crippen molar-refractivity contribution >= 4 is 17.9 Å². The highest BCUT2D eigenvalue weighted by atomic mass is 16.6. The van der Waals surface area contributed by atoms with Gasteiger partial charge in [-0.3, -0.25) is 14.4 Å². The van der Waals surface area contributed by atoms with Gasteiger partial charge >= 0.3 is 17.9 Å². The predicted octanol–water partition coefficient (Wildman–Crippen LogP) is 20.2. The summed E-state index contributed by atoms with van der Waals surface area (Å²) in [5.41, 5.74) is 0. The van der Waals surface area contributed by atoms with Crippen LogP contribution < -0.4 is 0 Å². The second-order valence-corrected chi connectivity index (χ2v) is 19.9. The van der Waals surface area contributed by atoms with Gasteiger partial charge in [0, 0.05) is 19.3 Å². The fourth-order valence-electron chi connectivity index (χ4n) is 8.42. The number of rotatable bonds is 54. The maximum absolute atomic E-state index is 12.8. The molecule has 70 heavy (non-hydrogen) atoms. The van der Waals surface area contributed by atoms with E-state index < -0.39 is 6.10 Å². The minimum atomic E-state index is -0.781. The molecule has 0 radical (unpaired) electrons. The normalized spacial score (nSPS) is 12.6. The minimum Gasteiger partial charge on any atom is -0.462 e. The summed E-state index contributed by atoms with van der Waals surface area (Å²) in [6, 6.07) is 0. The van der Waals surface area contributed by atoms with Gasteiger partial charge in [0.15, 0.2) is 6.10 Å². The van der Waals surface area contributed by atoms with Crippen LogP contribution in [0.4, 0.5) is 0 Å². The van der Waals surface area contributed by atoms with Gasteiger partial charge in [0.25, 0.3) is 0 Å². The van der Waals surface area contributed by atoms with Gasteiger partial charge in [-0.25, -0.2) is 0 Å². The maximum Gasteiger partial charge on any atom is 0.306 e. The number of unbranched alkanes of at least 4 members (excludes halogenated alkanes) is 31. The highest BCUT2D eigenvalue weighted by Gasteiger charge is 2.19. The van der Waals surface area contributed by atoms with Crippen LogP contribution in [0.15, 0.2) is 72.9 Å². The van der Waals surface area contributed by atoms with Crippen molar-refractivity contribution in [3.8, 4) is 0 Å². The fourth-order valence-corrected chi connectivity index (χ4v) is 8.42. The summed E-state index contributed by atoms with van der Waals surface area (Å²) < 4.78 is 16.8. The van der Waals surface area contributed by atoms with E-state index in [0.717, 1.165) is 103 Å². The Bertz CT molecular complexity index is 1310. The Morgan fingerprint density at radius 3 is 0.914 bits per heavy atom. The van der Waals surface area contributed by atoms with E-state index >= 15 is 0 Å². The van der Waals surface area contributed by atoms with E-state index in [-0.39, 0.29) is 31.1 Å². The summed E-state index contributed by atoms with van der Waals surface area (Å²) in [5.74, 6) is -0.889. The van der Waals surface area contributed by atoms with Gasteiger partial charge in [0.05, 0.1) is 0 Å². The number of hydrogen-bond donors (Lipinski definition) is 0. The summed E-state index contributed by atoms with van der Waals surface area (Å²) in [6.07, 6.45) is 74.8. The molecular formula is C64H112O6. The van der Waals surface area contributed by atoms with Crippen LogP contribution in [0.1, 0.15) is 297 Å². The molecule has 0 N–H and O–H groups in total. The quantitative estimate of drug-likeness (QED) is 0.0261. The molecule has 0 aromatic carbocycles. The highest BCUT2D eigenvalue weighted by molar-refractivity contribution is 5.71. The maximum atomic E-state index is 12.8. The summed E-state index contributed by atoms with van der Waals surface area (Å²) in [6.45, 7) is 6.49. The predicted molar refractivity (Wildman–Crippen MR) is 302 cm³/mol. The van der Waals surface area contributed by atoms with Crippen LogP contribution in [0.5, 0.6) is 0 Å². The zero-order valence-electron chi connectivity index (χ0n) is 46.3. The smallest absolute Gasteiger partial charge is 0.306 e. The monoisotopic (exact) mass is 977 g/mol. The second-order valence-electron chi connectivity index (χ2n) is 19.9. The molecule has 6 heteroatoms. The Kier molecular flexibility index (Phi) is 55.8. The van der Waals surface area contributed by atoms with Crippen molar-refractivity contribution in [2.75, 3.05) is 13.2 Å². The molecule has 0 rings (SSSR count). The lowest BCUT2D eigenvalue weighted by Gasteiger charge is -2.18. The van der Waals surface area contributed by atoms with Crippen LogP contribution in [0.25, 0.3) is 0 Å². The number of carbonyl (C=O) groups excluding carboxylic acids is 3. The molecule has 0 heterocycles. The fraction of sp³-hybridized carbons (Fsp3) is 0.766. The first-order valence-electron chi connectivity index (χ1n) is 29.9. The van der Waals surface area contributed by atoms with E-state index in [1.807, 2.05) is 0 Å². The lowest BCUT2D eigenvalue weighted by atomic mass is 10.0. The molecular weight excluding hydrogens is 865 g/mol. The van der Waals surface area contributed by atoms with E-state index in [2.05, 4.69) is 93.7 Å². The van der Waals surface area contributed by atoms with Gasteiger partial charge in [0.1, 0.15) is 13.2 Å². The van der Waals surface area contributed by atoms with Gasteiger partial charge in [-0.15, -0.1) is 0 Å². The topological polar surface area (TPSA) is 78.9 Å². The third-order valence-electron chi connectivity index (χ3n) is 12.9. The SMILES string of the molecule is CC/C=C\C/C=C\C/C=C\C/C=C\CCCCCCCCCCCCCCCCC(=O)OCC(COC(=O)CCCCCCC/C=C\CCCCC)OC(=O)CCCCCCC/C=C\CCCCCC. The second kappa shape index (κ2) is 58.4. The first-order valence-corrected chi connectivity index (χ1v) is 29.9. The van der Waals surface area contributed by atoms with Crippen LogP contribution >= 0.6 is 0 Å². The summed E-state index contributed by atoms with van der Waals surface area (Å²) in [7, 11) is 0. The third-order valence-corrected chi connectivity index (χ3v) is 12.9. The molecule has 0 spiro atoms. The molecule has 0 saturated carbocycles. The Morgan fingerprint density at radius 1 is 0.300 bits per heavy atom. The molecule has 0 bridgehead atoms.